The number of anilines is 1. The Morgan fingerprint density at radius 3 is 2.65 bits per heavy atom. The summed E-state index contributed by atoms with van der Waals surface area (Å²) in [6.07, 6.45) is 0.0230. The number of amides is 1. The number of halogens is 1. The molecule has 5 nitrogen and oxygen atoms in total. The minimum Gasteiger partial charge on any atom is -0.481 e. The van der Waals surface area contributed by atoms with Gasteiger partial charge in [0.15, 0.2) is 0 Å². The van der Waals surface area contributed by atoms with Crippen molar-refractivity contribution in [1.29, 1.82) is 0 Å². The Balaban J connectivity index is 2.77. The van der Waals surface area contributed by atoms with Gasteiger partial charge in [0.2, 0.25) is 5.91 Å². The summed E-state index contributed by atoms with van der Waals surface area (Å²) in [5, 5.41) is 11.6. The van der Waals surface area contributed by atoms with Gasteiger partial charge in [-0.15, -0.1) is 0 Å². The van der Waals surface area contributed by atoms with E-state index in [9.17, 15) is 9.59 Å². The van der Waals surface area contributed by atoms with E-state index in [-0.39, 0.29) is 12.5 Å². The molecule has 0 bridgehead atoms. The van der Waals surface area contributed by atoms with Gasteiger partial charge in [-0.1, -0.05) is 0 Å². The van der Waals surface area contributed by atoms with E-state index >= 15 is 0 Å². The van der Waals surface area contributed by atoms with E-state index in [4.69, 9.17) is 10.8 Å². The van der Waals surface area contributed by atoms with Crippen molar-refractivity contribution < 1.29 is 14.7 Å². The molecule has 0 aliphatic carbocycles. The second-order valence-electron chi connectivity index (χ2n) is 3.70. The highest BCUT2D eigenvalue weighted by Gasteiger charge is 2.10. The van der Waals surface area contributed by atoms with Crippen molar-refractivity contribution in [3.05, 3.63) is 28.2 Å². The molecular weight excluding hydrogens is 288 g/mol. The van der Waals surface area contributed by atoms with E-state index in [2.05, 4.69) is 21.2 Å². The molecule has 0 aliphatic rings. The average Bonchev–Trinajstić information content (AvgIpc) is 2.15. The van der Waals surface area contributed by atoms with E-state index in [0.29, 0.717) is 10.0 Å². The molecule has 92 valence electrons. The van der Waals surface area contributed by atoms with Crippen LogP contribution in [-0.2, 0) is 4.79 Å². The minimum absolute atomic E-state index is 0.0230. The van der Waals surface area contributed by atoms with E-state index in [1.807, 2.05) is 0 Å². The third kappa shape index (κ3) is 4.07. The normalized spacial score (nSPS) is 11.9. The summed E-state index contributed by atoms with van der Waals surface area (Å²) in [6.45, 7) is 1.77. The number of nitrogens with two attached hydrogens (primary N) is 1. The Labute approximate surface area is 107 Å². The van der Waals surface area contributed by atoms with Crippen LogP contribution in [0.2, 0.25) is 0 Å². The highest BCUT2D eigenvalue weighted by Crippen LogP contribution is 2.22. The summed E-state index contributed by atoms with van der Waals surface area (Å²) in [4.78, 5) is 21.5. The first kappa shape index (κ1) is 13.5. The molecule has 6 heteroatoms. The monoisotopic (exact) mass is 300 g/mol. The molecule has 1 rings (SSSR count). The summed E-state index contributed by atoms with van der Waals surface area (Å²) < 4.78 is 0.581. The van der Waals surface area contributed by atoms with Crippen LogP contribution in [0.15, 0.2) is 22.7 Å². The zero-order valence-electron chi connectivity index (χ0n) is 9.24. The van der Waals surface area contributed by atoms with Gasteiger partial charge in [0, 0.05) is 16.2 Å². The second kappa shape index (κ2) is 5.67. The van der Waals surface area contributed by atoms with Gasteiger partial charge in [-0.25, -0.2) is 0 Å². The second-order valence-corrected chi connectivity index (χ2v) is 4.56. The van der Waals surface area contributed by atoms with Gasteiger partial charge in [-0.05, 0) is 41.1 Å². The molecular formula is C11H13BrN2O3. The molecule has 1 atom stereocenters. The van der Waals surface area contributed by atoms with Crippen molar-refractivity contribution in [1.82, 2.24) is 0 Å². The molecule has 0 saturated carbocycles. The van der Waals surface area contributed by atoms with Crippen LogP contribution < -0.4 is 11.1 Å². The average molecular weight is 301 g/mol. The Morgan fingerprint density at radius 1 is 1.53 bits per heavy atom. The topological polar surface area (TPSA) is 92.4 Å². The van der Waals surface area contributed by atoms with Crippen LogP contribution in [0, 0.1) is 0 Å². The highest BCUT2D eigenvalue weighted by atomic mass is 79.9. The number of hydrogen-bond acceptors (Lipinski definition) is 3. The van der Waals surface area contributed by atoms with Crippen molar-refractivity contribution >= 4 is 33.5 Å². The first-order chi connectivity index (χ1) is 7.90. The van der Waals surface area contributed by atoms with Crippen molar-refractivity contribution in [2.24, 2.45) is 5.73 Å². The zero-order valence-corrected chi connectivity index (χ0v) is 10.8. The summed E-state index contributed by atoms with van der Waals surface area (Å²) in [6, 6.07) is 4.77. The van der Waals surface area contributed by atoms with Crippen LogP contribution in [0.3, 0.4) is 0 Å². The third-order valence-corrected chi connectivity index (χ3v) is 2.78. The molecule has 0 radical (unpaired) electrons. The molecule has 4 N–H and O–H groups in total. The molecule has 0 spiro atoms. The summed E-state index contributed by atoms with van der Waals surface area (Å²) in [7, 11) is 0. The maximum atomic E-state index is 11.0. The molecule has 0 heterocycles. The largest absolute Gasteiger partial charge is 0.481 e. The number of carboxylic acid groups (broad SMARTS) is 1. The number of hydrogen-bond donors (Lipinski definition) is 3. The first-order valence-electron chi connectivity index (χ1n) is 4.98. The molecule has 1 aromatic carbocycles. The maximum Gasteiger partial charge on any atom is 0.305 e. The molecule has 1 aromatic rings. The SMILES string of the molecule is CC(CC(=O)O)Nc1ccc(C(N)=O)c(Br)c1. The van der Waals surface area contributed by atoms with E-state index < -0.39 is 11.9 Å². The van der Waals surface area contributed by atoms with Crippen LogP contribution in [0.25, 0.3) is 0 Å². The number of nitrogens with one attached hydrogen (secondary N) is 1. The number of carbonyl (C=O) groups is 2. The molecule has 1 unspecified atom stereocenters. The molecule has 0 fully saturated rings. The zero-order chi connectivity index (χ0) is 13.0. The third-order valence-electron chi connectivity index (χ3n) is 2.13. The Bertz CT molecular complexity index is 448. The number of primary amides is 1. The van der Waals surface area contributed by atoms with Crippen molar-refractivity contribution in [3.63, 3.8) is 0 Å². The van der Waals surface area contributed by atoms with Crippen LogP contribution >= 0.6 is 15.9 Å². The van der Waals surface area contributed by atoms with Crippen LogP contribution in [0.4, 0.5) is 5.69 Å². The molecule has 1 amide bonds. The first-order valence-corrected chi connectivity index (χ1v) is 5.77. The van der Waals surface area contributed by atoms with Crippen LogP contribution in [0.5, 0.6) is 0 Å². The number of rotatable bonds is 5. The van der Waals surface area contributed by atoms with E-state index in [1.54, 1.807) is 25.1 Å². The molecule has 0 aromatic heterocycles. The minimum atomic E-state index is -0.863. The van der Waals surface area contributed by atoms with Gasteiger partial charge in [0.05, 0.1) is 12.0 Å². The lowest BCUT2D eigenvalue weighted by atomic mass is 10.1. The summed E-state index contributed by atoms with van der Waals surface area (Å²) in [5.74, 6) is -1.38. The fourth-order valence-corrected chi connectivity index (χ4v) is 1.98. The lowest BCUT2D eigenvalue weighted by Gasteiger charge is -2.13. The lowest BCUT2D eigenvalue weighted by molar-refractivity contribution is -0.137. The van der Waals surface area contributed by atoms with Gasteiger partial charge in [-0.2, -0.15) is 0 Å². The van der Waals surface area contributed by atoms with Crippen LogP contribution in [0.1, 0.15) is 23.7 Å². The van der Waals surface area contributed by atoms with Gasteiger partial charge in [0.1, 0.15) is 0 Å². The summed E-state index contributed by atoms with van der Waals surface area (Å²) in [5.41, 5.74) is 6.29. The number of carboxylic acids is 1. The standard InChI is InChI=1S/C11H13BrN2O3/c1-6(4-10(15)16)14-7-2-3-8(11(13)17)9(12)5-7/h2-3,5-6,14H,4H2,1H3,(H2,13,17)(H,15,16). The highest BCUT2D eigenvalue weighted by molar-refractivity contribution is 9.10. The fraction of sp³-hybridized carbons (Fsp3) is 0.273. The smallest absolute Gasteiger partial charge is 0.305 e. The number of aliphatic carboxylic acids is 1. The summed E-state index contributed by atoms with van der Waals surface area (Å²) >= 11 is 3.23. The Morgan fingerprint density at radius 2 is 2.18 bits per heavy atom. The van der Waals surface area contributed by atoms with Gasteiger partial charge in [0.25, 0.3) is 0 Å². The van der Waals surface area contributed by atoms with Gasteiger partial charge < -0.3 is 16.2 Å². The number of benzene rings is 1. The maximum absolute atomic E-state index is 11.0. The van der Waals surface area contributed by atoms with Gasteiger partial charge >= 0.3 is 5.97 Å². The van der Waals surface area contributed by atoms with Crippen LogP contribution in [-0.4, -0.2) is 23.0 Å². The predicted octanol–water partition coefficient (Wildman–Crippen LogP) is 1.82. The van der Waals surface area contributed by atoms with E-state index in [1.165, 1.54) is 0 Å². The predicted molar refractivity (Wildman–Crippen MR) is 68.0 cm³/mol. The lowest BCUT2D eigenvalue weighted by Crippen LogP contribution is -2.19. The van der Waals surface area contributed by atoms with Crippen molar-refractivity contribution in [3.8, 4) is 0 Å². The Kier molecular flexibility index (Phi) is 4.51. The fourth-order valence-electron chi connectivity index (χ4n) is 1.40. The molecule has 0 saturated heterocycles. The quantitative estimate of drug-likeness (QED) is 0.773. The van der Waals surface area contributed by atoms with E-state index in [0.717, 1.165) is 5.69 Å². The van der Waals surface area contributed by atoms with Crippen molar-refractivity contribution in [2.45, 2.75) is 19.4 Å². The number of carbonyl (C=O) groups excluding carboxylic acids is 1. The molecule has 17 heavy (non-hydrogen) atoms. The van der Waals surface area contributed by atoms with Crippen molar-refractivity contribution in [2.75, 3.05) is 5.32 Å². The van der Waals surface area contributed by atoms with Gasteiger partial charge in [-0.3, -0.25) is 9.59 Å². The molecule has 0 aliphatic heterocycles. The Hall–Kier alpha value is -1.56.